The largest absolute Gasteiger partial charge is 0.381 e. The van der Waals surface area contributed by atoms with Gasteiger partial charge in [0.2, 0.25) is 0 Å². The van der Waals surface area contributed by atoms with Crippen molar-refractivity contribution in [3.8, 4) is 0 Å². The predicted molar refractivity (Wildman–Crippen MR) is 55.1 cm³/mol. The van der Waals surface area contributed by atoms with E-state index in [1.807, 2.05) is 0 Å². The van der Waals surface area contributed by atoms with Crippen LogP contribution in [-0.2, 0) is 16.1 Å². The van der Waals surface area contributed by atoms with Gasteiger partial charge in [0.1, 0.15) is 0 Å². The van der Waals surface area contributed by atoms with E-state index in [0.717, 1.165) is 31.1 Å². The van der Waals surface area contributed by atoms with E-state index < -0.39 is 0 Å². The maximum absolute atomic E-state index is 5.55. The van der Waals surface area contributed by atoms with Crippen molar-refractivity contribution < 1.29 is 9.47 Å². The summed E-state index contributed by atoms with van der Waals surface area (Å²) < 4.78 is 10.8. The van der Waals surface area contributed by atoms with E-state index in [1.54, 1.807) is 6.20 Å². The maximum Gasteiger partial charge on any atom is 0.180 e. The molecule has 0 bridgehead atoms. The lowest BCUT2D eigenvalue weighted by atomic mass is 10.1. The summed E-state index contributed by atoms with van der Waals surface area (Å²) in [5, 5.41) is 0.604. The van der Waals surface area contributed by atoms with Gasteiger partial charge in [-0.1, -0.05) is 11.3 Å². The van der Waals surface area contributed by atoms with Crippen molar-refractivity contribution in [2.24, 2.45) is 5.92 Å². The van der Waals surface area contributed by atoms with Gasteiger partial charge in [0.05, 0.1) is 24.7 Å². The first-order chi connectivity index (χ1) is 6.84. The van der Waals surface area contributed by atoms with Crippen molar-refractivity contribution in [2.45, 2.75) is 13.0 Å². The van der Waals surface area contributed by atoms with Gasteiger partial charge in [0.25, 0.3) is 0 Å². The summed E-state index contributed by atoms with van der Waals surface area (Å²) in [4.78, 5) is 5.04. The minimum Gasteiger partial charge on any atom is -0.381 e. The predicted octanol–water partition coefficient (Wildman–Crippen LogP) is 1.28. The summed E-state index contributed by atoms with van der Waals surface area (Å²) in [6, 6.07) is 0. The van der Waals surface area contributed by atoms with Crippen LogP contribution in [0.25, 0.3) is 0 Å². The Labute approximate surface area is 87.0 Å². The number of nitrogens with two attached hydrogens (primary N) is 1. The molecule has 1 aliphatic rings. The van der Waals surface area contributed by atoms with Gasteiger partial charge < -0.3 is 15.2 Å². The number of hydrogen-bond acceptors (Lipinski definition) is 5. The number of aromatic nitrogens is 1. The summed E-state index contributed by atoms with van der Waals surface area (Å²) in [5.74, 6) is 0.570. The van der Waals surface area contributed by atoms with Crippen LogP contribution in [0.15, 0.2) is 6.20 Å². The second-order valence-electron chi connectivity index (χ2n) is 3.41. The van der Waals surface area contributed by atoms with Crippen molar-refractivity contribution >= 4 is 16.5 Å². The molecular weight excluding hydrogens is 200 g/mol. The Bertz CT molecular complexity index is 284. The average molecular weight is 214 g/mol. The lowest BCUT2D eigenvalue weighted by molar-refractivity contribution is 0.0805. The molecule has 0 spiro atoms. The van der Waals surface area contributed by atoms with Gasteiger partial charge in [-0.15, -0.1) is 0 Å². The summed E-state index contributed by atoms with van der Waals surface area (Å²) in [6.45, 7) is 3.11. The first kappa shape index (κ1) is 9.89. The standard InChI is InChI=1S/C9H14N2O2S/c10-9-11-3-8(14-9)6-13-5-7-1-2-12-4-7/h3,7H,1-2,4-6H2,(H2,10,11). The van der Waals surface area contributed by atoms with Crippen LogP contribution in [0.4, 0.5) is 5.13 Å². The molecule has 78 valence electrons. The molecule has 4 nitrogen and oxygen atoms in total. The Morgan fingerprint density at radius 1 is 1.71 bits per heavy atom. The van der Waals surface area contributed by atoms with Crippen LogP contribution in [0, 0.1) is 5.92 Å². The smallest absolute Gasteiger partial charge is 0.180 e. The van der Waals surface area contributed by atoms with E-state index in [4.69, 9.17) is 15.2 Å². The van der Waals surface area contributed by atoms with Gasteiger partial charge in [0.15, 0.2) is 5.13 Å². The molecule has 5 heteroatoms. The third kappa shape index (κ3) is 2.67. The first-order valence-corrected chi connectivity index (χ1v) is 5.52. The van der Waals surface area contributed by atoms with Gasteiger partial charge in [-0.3, -0.25) is 0 Å². The van der Waals surface area contributed by atoms with E-state index in [2.05, 4.69) is 4.98 Å². The van der Waals surface area contributed by atoms with Crippen molar-refractivity contribution in [1.82, 2.24) is 4.98 Å². The molecule has 0 amide bonds. The lowest BCUT2D eigenvalue weighted by Crippen LogP contribution is -2.08. The highest BCUT2D eigenvalue weighted by Gasteiger charge is 2.15. The zero-order valence-electron chi connectivity index (χ0n) is 7.94. The van der Waals surface area contributed by atoms with Crippen LogP contribution in [0.1, 0.15) is 11.3 Å². The highest BCUT2D eigenvalue weighted by atomic mass is 32.1. The quantitative estimate of drug-likeness (QED) is 0.820. The summed E-state index contributed by atoms with van der Waals surface area (Å²) in [5.41, 5.74) is 5.50. The molecule has 2 N–H and O–H groups in total. The molecule has 14 heavy (non-hydrogen) atoms. The number of anilines is 1. The van der Waals surface area contributed by atoms with Crippen molar-refractivity contribution in [1.29, 1.82) is 0 Å². The lowest BCUT2D eigenvalue weighted by Gasteiger charge is -2.06. The summed E-state index contributed by atoms with van der Waals surface area (Å²) >= 11 is 1.48. The SMILES string of the molecule is Nc1ncc(COCC2CCOC2)s1. The molecule has 1 unspecified atom stereocenters. The monoisotopic (exact) mass is 214 g/mol. The van der Waals surface area contributed by atoms with Gasteiger partial charge in [-0.05, 0) is 6.42 Å². The van der Waals surface area contributed by atoms with Crippen LogP contribution >= 0.6 is 11.3 Å². The third-order valence-electron chi connectivity index (χ3n) is 2.19. The van der Waals surface area contributed by atoms with Gasteiger partial charge in [-0.25, -0.2) is 4.98 Å². The highest BCUT2D eigenvalue weighted by Crippen LogP contribution is 2.17. The normalized spacial score (nSPS) is 21.6. The fraction of sp³-hybridized carbons (Fsp3) is 0.667. The van der Waals surface area contributed by atoms with Crippen molar-refractivity contribution in [2.75, 3.05) is 25.6 Å². The van der Waals surface area contributed by atoms with Crippen molar-refractivity contribution in [3.05, 3.63) is 11.1 Å². The average Bonchev–Trinajstić information content (AvgIpc) is 2.77. The zero-order chi connectivity index (χ0) is 9.80. The van der Waals surface area contributed by atoms with E-state index >= 15 is 0 Å². The number of nitrogens with zero attached hydrogens (tertiary/aromatic N) is 1. The number of thiazole rings is 1. The Balaban J connectivity index is 1.67. The molecule has 0 radical (unpaired) electrons. The van der Waals surface area contributed by atoms with Crippen LogP contribution in [0.2, 0.25) is 0 Å². The third-order valence-corrected chi connectivity index (χ3v) is 2.99. The van der Waals surface area contributed by atoms with Crippen LogP contribution in [0.3, 0.4) is 0 Å². The second kappa shape index (κ2) is 4.72. The number of rotatable bonds is 4. The van der Waals surface area contributed by atoms with E-state index in [9.17, 15) is 0 Å². The van der Waals surface area contributed by atoms with E-state index in [0.29, 0.717) is 17.7 Å². The molecular formula is C9H14N2O2S. The second-order valence-corrected chi connectivity index (χ2v) is 4.56. The number of hydrogen-bond donors (Lipinski definition) is 1. The van der Waals surface area contributed by atoms with Crippen LogP contribution < -0.4 is 5.73 Å². The Hall–Kier alpha value is -0.650. The minimum atomic E-state index is 0.570. The fourth-order valence-corrected chi connectivity index (χ4v) is 2.05. The Morgan fingerprint density at radius 2 is 2.64 bits per heavy atom. The molecule has 1 saturated heterocycles. The molecule has 0 saturated carbocycles. The number of ether oxygens (including phenoxy) is 2. The number of nitrogen functional groups attached to an aromatic ring is 1. The Morgan fingerprint density at radius 3 is 3.29 bits per heavy atom. The molecule has 0 aromatic carbocycles. The summed E-state index contributed by atoms with van der Waals surface area (Å²) in [6.07, 6.45) is 2.88. The maximum atomic E-state index is 5.55. The fourth-order valence-electron chi connectivity index (χ4n) is 1.43. The van der Waals surface area contributed by atoms with Gasteiger partial charge in [0, 0.05) is 18.7 Å². The van der Waals surface area contributed by atoms with Crippen molar-refractivity contribution in [3.63, 3.8) is 0 Å². The zero-order valence-corrected chi connectivity index (χ0v) is 8.76. The molecule has 0 aliphatic carbocycles. The molecule has 2 rings (SSSR count). The minimum absolute atomic E-state index is 0.570. The van der Waals surface area contributed by atoms with Gasteiger partial charge in [-0.2, -0.15) is 0 Å². The molecule has 1 aromatic rings. The molecule has 1 aliphatic heterocycles. The van der Waals surface area contributed by atoms with Gasteiger partial charge >= 0.3 is 0 Å². The molecule has 1 atom stereocenters. The molecule has 1 fully saturated rings. The molecule has 1 aromatic heterocycles. The van der Waals surface area contributed by atoms with E-state index in [-0.39, 0.29) is 0 Å². The van der Waals surface area contributed by atoms with Crippen LogP contribution in [-0.4, -0.2) is 24.8 Å². The highest BCUT2D eigenvalue weighted by molar-refractivity contribution is 7.15. The Kier molecular flexibility index (Phi) is 3.34. The molecule has 2 heterocycles. The summed E-state index contributed by atoms with van der Waals surface area (Å²) in [7, 11) is 0. The first-order valence-electron chi connectivity index (χ1n) is 4.70. The van der Waals surface area contributed by atoms with Crippen LogP contribution in [0.5, 0.6) is 0 Å². The topological polar surface area (TPSA) is 57.4 Å². The van der Waals surface area contributed by atoms with E-state index in [1.165, 1.54) is 11.3 Å².